The maximum atomic E-state index is 12.9. The Labute approximate surface area is 152 Å². The Balaban J connectivity index is 1.49. The molecule has 0 aromatic carbocycles. The molecule has 2 atom stereocenters. The first-order chi connectivity index (χ1) is 12.2. The van der Waals surface area contributed by atoms with Crippen molar-refractivity contribution in [2.45, 2.75) is 32.0 Å². The first kappa shape index (κ1) is 16.7. The van der Waals surface area contributed by atoms with Gasteiger partial charge in [-0.25, -0.2) is 0 Å². The molecule has 0 radical (unpaired) electrons. The molecule has 0 aliphatic carbocycles. The van der Waals surface area contributed by atoms with E-state index in [0.717, 1.165) is 49.6 Å². The number of morpholine rings is 1. The molecule has 0 bridgehead atoms. The minimum absolute atomic E-state index is 0.159. The van der Waals surface area contributed by atoms with Crippen molar-refractivity contribution in [3.63, 3.8) is 0 Å². The quantitative estimate of drug-likeness (QED) is 0.847. The van der Waals surface area contributed by atoms with Gasteiger partial charge in [-0.2, -0.15) is 0 Å². The van der Waals surface area contributed by atoms with Crippen LogP contribution in [0.15, 0.2) is 36.0 Å². The molecule has 0 spiro atoms. The average molecular weight is 357 g/mol. The van der Waals surface area contributed by atoms with Crippen LogP contribution in [0.1, 0.15) is 27.2 Å². The number of thiophene rings is 1. The van der Waals surface area contributed by atoms with Crippen LogP contribution in [0.5, 0.6) is 0 Å². The summed E-state index contributed by atoms with van der Waals surface area (Å²) in [6, 6.07) is 6.33. The number of carbonyl (C=O) groups excluding carboxylic acids is 1. The van der Waals surface area contributed by atoms with Gasteiger partial charge in [0.1, 0.15) is 0 Å². The van der Waals surface area contributed by atoms with Crippen LogP contribution < -0.4 is 0 Å². The molecule has 5 nitrogen and oxygen atoms in total. The van der Waals surface area contributed by atoms with E-state index in [0.29, 0.717) is 0 Å². The molecule has 0 saturated carbocycles. The Morgan fingerprint density at radius 3 is 2.92 bits per heavy atom. The maximum Gasteiger partial charge on any atom is 0.255 e. The van der Waals surface area contributed by atoms with E-state index in [4.69, 9.17) is 4.74 Å². The number of fused-ring (bicyclic) bond motifs is 1. The molecular formula is C19H23N3O2S. The molecule has 6 heteroatoms. The predicted molar refractivity (Wildman–Crippen MR) is 97.8 cm³/mol. The lowest BCUT2D eigenvalue weighted by molar-refractivity contribution is -0.101. The molecule has 2 aliphatic rings. The predicted octanol–water partition coefficient (Wildman–Crippen LogP) is 2.57. The molecule has 4 heterocycles. The molecule has 2 saturated heterocycles. The highest BCUT2D eigenvalue weighted by atomic mass is 32.1. The summed E-state index contributed by atoms with van der Waals surface area (Å²) in [6.45, 7) is 6.09. The van der Waals surface area contributed by atoms with Gasteiger partial charge in [-0.1, -0.05) is 0 Å². The van der Waals surface area contributed by atoms with Crippen molar-refractivity contribution in [3.05, 3.63) is 52.0 Å². The van der Waals surface area contributed by atoms with Gasteiger partial charge in [0.2, 0.25) is 0 Å². The Kier molecular flexibility index (Phi) is 4.83. The first-order valence-corrected chi connectivity index (χ1v) is 9.68. The van der Waals surface area contributed by atoms with Gasteiger partial charge in [-0.15, -0.1) is 11.3 Å². The van der Waals surface area contributed by atoms with Crippen molar-refractivity contribution in [2.75, 3.05) is 26.2 Å². The van der Waals surface area contributed by atoms with Crippen molar-refractivity contribution in [2.24, 2.45) is 0 Å². The number of amides is 1. The van der Waals surface area contributed by atoms with Gasteiger partial charge in [-0.05, 0) is 42.5 Å². The number of piperidine rings is 1. The first-order valence-electron chi connectivity index (χ1n) is 8.80. The fraction of sp³-hybridized carbons (Fsp3) is 0.474. The Morgan fingerprint density at radius 1 is 1.32 bits per heavy atom. The van der Waals surface area contributed by atoms with Crippen molar-refractivity contribution >= 4 is 17.2 Å². The van der Waals surface area contributed by atoms with Crippen molar-refractivity contribution in [3.8, 4) is 0 Å². The SMILES string of the molecule is Cc1sccc1C(=O)N1CC[C@@H]2OCCN(Cc3ccncc3)[C@H]2C1. The normalized spacial score (nSPS) is 24.1. The van der Waals surface area contributed by atoms with Crippen molar-refractivity contribution in [1.29, 1.82) is 0 Å². The third kappa shape index (κ3) is 3.47. The van der Waals surface area contributed by atoms with E-state index in [9.17, 15) is 4.79 Å². The van der Waals surface area contributed by atoms with Crippen molar-refractivity contribution in [1.82, 2.24) is 14.8 Å². The smallest absolute Gasteiger partial charge is 0.255 e. The number of aryl methyl sites for hydroxylation is 1. The van der Waals surface area contributed by atoms with Crippen LogP contribution in [-0.2, 0) is 11.3 Å². The van der Waals surface area contributed by atoms with Gasteiger partial charge < -0.3 is 9.64 Å². The molecule has 0 unspecified atom stereocenters. The Hall–Kier alpha value is -1.76. The number of nitrogens with zero attached hydrogens (tertiary/aromatic N) is 3. The highest BCUT2D eigenvalue weighted by molar-refractivity contribution is 7.10. The molecule has 132 valence electrons. The second-order valence-electron chi connectivity index (χ2n) is 6.73. The molecule has 2 aliphatic heterocycles. The molecular weight excluding hydrogens is 334 g/mol. The monoisotopic (exact) mass is 357 g/mol. The van der Waals surface area contributed by atoms with E-state index in [1.54, 1.807) is 11.3 Å². The molecule has 2 aromatic rings. The number of hydrogen-bond donors (Lipinski definition) is 0. The summed E-state index contributed by atoms with van der Waals surface area (Å²) in [4.78, 5) is 22.5. The molecule has 2 aromatic heterocycles. The number of ether oxygens (including phenoxy) is 1. The fourth-order valence-corrected chi connectivity index (χ4v) is 4.51. The van der Waals surface area contributed by atoms with Gasteiger partial charge in [0, 0.05) is 43.4 Å². The summed E-state index contributed by atoms with van der Waals surface area (Å²) in [5.74, 6) is 0.159. The second-order valence-corrected chi connectivity index (χ2v) is 7.85. The molecule has 2 fully saturated rings. The lowest BCUT2D eigenvalue weighted by Gasteiger charge is -2.47. The topological polar surface area (TPSA) is 45.7 Å². The molecule has 25 heavy (non-hydrogen) atoms. The minimum Gasteiger partial charge on any atom is -0.375 e. The molecule has 4 rings (SSSR count). The average Bonchev–Trinajstić information content (AvgIpc) is 3.08. The van der Waals surface area contributed by atoms with E-state index in [1.807, 2.05) is 35.7 Å². The van der Waals surface area contributed by atoms with Crippen LogP contribution in [-0.4, -0.2) is 59.1 Å². The highest BCUT2D eigenvalue weighted by Crippen LogP contribution is 2.26. The highest BCUT2D eigenvalue weighted by Gasteiger charge is 2.38. The van der Waals surface area contributed by atoms with Gasteiger partial charge in [0.05, 0.1) is 24.3 Å². The van der Waals surface area contributed by atoms with Crippen LogP contribution in [0.25, 0.3) is 0 Å². The van der Waals surface area contributed by atoms with Gasteiger partial charge in [0.25, 0.3) is 5.91 Å². The largest absolute Gasteiger partial charge is 0.375 e. The Morgan fingerprint density at radius 2 is 2.16 bits per heavy atom. The fourth-order valence-electron chi connectivity index (χ4n) is 3.82. The molecule has 0 N–H and O–H groups in total. The molecule has 1 amide bonds. The zero-order valence-corrected chi connectivity index (χ0v) is 15.2. The maximum absolute atomic E-state index is 12.9. The van der Waals surface area contributed by atoms with E-state index in [1.165, 1.54) is 5.56 Å². The van der Waals surface area contributed by atoms with Crippen LogP contribution in [0.2, 0.25) is 0 Å². The van der Waals surface area contributed by atoms with Gasteiger partial charge in [-0.3, -0.25) is 14.7 Å². The van der Waals surface area contributed by atoms with Gasteiger partial charge in [0.15, 0.2) is 0 Å². The summed E-state index contributed by atoms with van der Waals surface area (Å²) in [7, 11) is 0. The summed E-state index contributed by atoms with van der Waals surface area (Å²) < 4.78 is 6.00. The van der Waals surface area contributed by atoms with Gasteiger partial charge >= 0.3 is 0 Å². The second kappa shape index (κ2) is 7.23. The van der Waals surface area contributed by atoms with Crippen LogP contribution >= 0.6 is 11.3 Å². The number of rotatable bonds is 3. The summed E-state index contributed by atoms with van der Waals surface area (Å²) in [5.41, 5.74) is 2.11. The number of likely N-dealkylation sites (tertiary alicyclic amines) is 1. The Bertz CT molecular complexity index is 733. The van der Waals surface area contributed by atoms with E-state index in [-0.39, 0.29) is 18.1 Å². The van der Waals surface area contributed by atoms with Crippen LogP contribution in [0.3, 0.4) is 0 Å². The zero-order valence-electron chi connectivity index (χ0n) is 14.4. The van der Waals surface area contributed by atoms with Crippen LogP contribution in [0, 0.1) is 6.92 Å². The third-order valence-corrected chi connectivity index (χ3v) is 6.06. The van der Waals surface area contributed by atoms with E-state index in [2.05, 4.69) is 22.0 Å². The summed E-state index contributed by atoms with van der Waals surface area (Å²) >= 11 is 1.63. The number of hydrogen-bond acceptors (Lipinski definition) is 5. The lowest BCUT2D eigenvalue weighted by atomic mass is 9.97. The van der Waals surface area contributed by atoms with Crippen molar-refractivity contribution < 1.29 is 9.53 Å². The standard InChI is InChI=1S/C19H23N3O2S/c1-14-16(5-11-25-14)19(23)22-8-4-18-17(13-22)21(9-10-24-18)12-15-2-6-20-7-3-15/h2-3,5-7,11,17-18H,4,8-10,12-13H2,1H3/t17-,18-/m0/s1. The number of pyridine rings is 1. The number of carbonyl (C=O) groups is 1. The van der Waals surface area contributed by atoms with Crippen LogP contribution in [0.4, 0.5) is 0 Å². The zero-order chi connectivity index (χ0) is 17.2. The minimum atomic E-state index is 0.159. The van der Waals surface area contributed by atoms with E-state index < -0.39 is 0 Å². The lowest BCUT2D eigenvalue weighted by Crippen LogP contribution is -2.60. The van der Waals surface area contributed by atoms with E-state index >= 15 is 0 Å². The summed E-state index contributed by atoms with van der Waals surface area (Å²) in [6.07, 6.45) is 4.81. The summed E-state index contributed by atoms with van der Waals surface area (Å²) in [5, 5.41) is 1.99. The third-order valence-electron chi connectivity index (χ3n) is 5.21. The number of aromatic nitrogens is 1.